The maximum absolute atomic E-state index is 12.6. The Hall–Kier alpha value is -1.96. The summed E-state index contributed by atoms with van der Waals surface area (Å²) >= 11 is 0. The lowest BCUT2D eigenvalue weighted by Crippen LogP contribution is -2.51. The summed E-state index contributed by atoms with van der Waals surface area (Å²) in [4.78, 5) is 47.0. The predicted molar refractivity (Wildman–Crippen MR) is 92.5 cm³/mol. The molecule has 0 aliphatic carbocycles. The Bertz CT molecular complexity index is 465. The minimum atomic E-state index is -0.790. The molecule has 0 spiro atoms. The Labute approximate surface area is 149 Å². The van der Waals surface area contributed by atoms with Gasteiger partial charge in [-0.15, -0.1) is 0 Å². The molecular weight excluding hydrogens is 326 g/mol. The SMILES string of the molecule is CC(C)C[C@H](CC(=O)NO)C(=O)N[C@@H](CC(C)C)C(=O)N[C@@H](C)C=O. The largest absolute Gasteiger partial charge is 0.345 e. The highest BCUT2D eigenvalue weighted by molar-refractivity contribution is 5.91. The standard InChI is InChI=1S/C17H31N3O5/c1-10(2)6-13(8-15(22)20-25)16(23)19-14(7-11(3)4)17(24)18-12(5)9-21/h9-14,25H,6-8H2,1-5H3,(H,18,24)(H,19,23)(H,20,22)/t12-,13+,14-/m0/s1. The van der Waals surface area contributed by atoms with Gasteiger partial charge >= 0.3 is 0 Å². The summed E-state index contributed by atoms with van der Waals surface area (Å²) in [6, 6.07) is -1.44. The fourth-order valence-electron chi connectivity index (χ4n) is 2.47. The van der Waals surface area contributed by atoms with Crippen molar-refractivity contribution in [1.82, 2.24) is 16.1 Å². The van der Waals surface area contributed by atoms with E-state index in [0.717, 1.165) is 0 Å². The number of rotatable bonds is 11. The first-order valence-electron chi connectivity index (χ1n) is 8.59. The maximum Gasteiger partial charge on any atom is 0.244 e. The lowest BCUT2D eigenvalue weighted by atomic mass is 9.92. The summed E-state index contributed by atoms with van der Waals surface area (Å²) in [7, 11) is 0. The van der Waals surface area contributed by atoms with Gasteiger partial charge < -0.3 is 15.4 Å². The van der Waals surface area contributed by atoms with Crippen LogP contribution in [-0.4, -0.2) is 41.3 Å². The third-order valence-electron chi connectivity index (χ3n) is 3.60. The van der Waals surface area contributed by atoms with Gasteiger partial charge in [-0.2, -0.15) is 0 Å². The first kappa shape index (κ1) is 23.0. The molecule has 144 valence electrons. The number of amides is 3. The van der Waals surface area contributed by atoms with Gasteiger partial charge in [-0.05, 0) is 31.6 Å². The van der Waals surface area contributed by atoms with Gasteiger partial charge in [-0.3, -0.25) is 19.6 Å². The highest BCUT2D eigenvalue weighted by Gasteiger charge is 2.28. The van der Waals surface area contributed by atoms with E-state index in [2.05, 4.69) is 10.6 Å². The van der Waals surface area contributed by atoms with E-state index >= 15 is 0 Å². The van der Waals surface area contributed by atoms with Crippen LogP contribution in [0.3, 0.4) is 0 Å². The molecule has 3 amide bonds. The number of carbonyl (C=O) groups is 4. The van der Waals surface area contributed by atoms with Crippen LogP contribution in [-0.2, 0) is 19.2 Å². The predicted octanol–water partition coefficient (Wildman–Crippen LogP) is 0.779. The van der Waals surface area contributed by atoms with Gasteiger partial charge in [0.25, 0.3) is 0 Å². The number of nitrogens with one attached hydrogen (secondary N) is 3. The Morgan fingerprint density at radius 3 is 1.92 bits per heavy atom. The van der Waals surface area contributed by atoms with Crippen molar-refractivity contribution < 1.29 is 24.4 Å². The van der Waals surface area contributed by atoms with Crippen molar-refractivity contribution in [2.45, 2.75) is 66.0 Å². The number of aldehydes is 1. The van der Waals surface area contributed by atoms with Crippen LogP contribution < -0.4 is 16.1 Å². The zero-order valence-electron chi connectivity index (χ0n) is 15.7. The van der Waals surface area contributed by atoms with Gasteiger partial charge in [0.2, 0.25) is 17.7 Å². The maximum atomic E-state index is 12.6. The molecule has 0 unspecified atom stereocenters. The number of hydrogen-bond donors (Lipinski definition) is 4. The summed E-state index contributed by atoms with van der Waals surface area (Å²) in [6.45, 7) is 9.22. The Kier molecular flexibility index (Phi) is 10.7. The second-order valence-electron chi connectivity index (χ2n) is 7.19. The third-order valence-corrected chi connectivity index (χ3v) is 3.60. The monoisotopic (exact) mass is 357 g/mol. The topological polar surface area (TPSA) is 125 Å². The first-order chi connectivity index (χ1) is 11.6. The lowest BCUT2D eigenvalue weighted by molar-refractivity contribution is -0.136. The zero-order chi connectivity index (χ0) is 19.6. The Morgan fingerprint density at radius 2 is 1.48 bits per heavy atom. The van der Waals surface area contributed by atoms with E-state index in [1.807, 2.05) is 27.7 Å². The van der Waals surface area contributed by atoms with Crippen molar-refractivity contribution in [3.63, 3.8) is 0 Å². The number of hydrogen-bond acceptors (Lipinski definition) is 5. The summed E-state index contributed by atoms with van der Waals surface area (Å²) in [5.74, 6) is -1.85. The molecule has 25 heavy (non-hydrogen) atoms. The fourth-order valence-corrected chi connectivity index (χ4v) is 2.47. The van der Waals surface area contributed by atoms with Crippen molar-refractivity contribution in [2.24, 2.45) is 17.8 Å². The van der Waals surface area contributed by atoms with Crippen LogP contribution in [0.25, 0.3) is 0 Å². The van der Waals surface area contributed by atoms with Gasteiger partial charge in [-0.25, -0.2) is 5.48 Å². The zero-order valence-corrected chi connectivity index (χ0v) is 15.7. The van der Waals surface area contributed by atoms with Crippen LogP contribution >= 0.6 is 0 Å². The number of hydroxylamine groups is 1. The molecular formula is C17H31N3O5. The molecule has 0 aromatic carbocycles. The van der Waals surface area contributed by atoms with E-state index in [9.17, 15) is 19.2 Å². The molecule has 0 aromatic rings. The molecule has 0 saturated carbocycles. The summed E-state index contributed by atoms with van der Waals surface area (Å²) in [5, 5.41) is 13.9. The molecule has 4 N–H and O–H groups in total. The molecule has 0 aliphatic heterocycles. The van der Waals surface area contributed by atoms with Crippen molar-refractivity contribution >= 4 is 24.0 Å². The molecule has 0 aromatic heterocycles. The van der Waals surface area contributed by atoms with Crippen molar-refractivity contribution in [2.75, 3.05) is 0 Å². The Morgan fingerprint density at radius 1 is 0.920 bits per heavy atom. The second kappa shape index (κ2) is 11.6. The average Bonchev–Trinajstić information content (AvgIpc) is 2.52. The molecule has 0 rings (SSSR count). The molecule has 0 aliphatic rings. The van der Waals surface area contributed by atoms with E-state index < -0.39 is 35.7 Å². The summed E-state index contributed by atoms with van der Waals surface area (Å²) < 4.78 is 0. The van der Waals surface area contributed by atoms with Crippen LogP contribution in [0, 0.1) is 17.8 Å². The smallest absolute Gasteiger partial charge is 0.244 e. The summed E-state index contributed by atoms with van der Waals surface area (Å²) in [6.07, 6.45) is 1.30. The van der Waals surface area contributed by atoms with Gasteiger partial charge in [0.1, 0.15) is 12.3 Å². The molecule has 8 nitrogen and oxygen atoms in total. The molecule has 3 atom stereocenters. The lowest BCUT2D eigenvalue weighted by Gasteiger charge is -2.24. The highest BCUT2D eigenvalue weighted by Crippen LogP contribution is 2.17. The molecule has 8 heteroatoms. The van der Waals surface area contributed by atoms with E-state index in [0.29, 0.717) is 19.1 Å². The average molecular weight is 357 g/mol. The Balaban J connectivity index is 5.12. The van der Waals surface area contributed by atoms with E-state index in [-0.39, 0.29) is 18.3 Å². The molecule has 0 fully saturated rings. The summed E-state index contributed by atoms with van der Waals surface area (Å²) in [5.41, 5.74) is 1.53. The van der Waals surface area contributed by atoms with Gasteiger partial charge in [0, 0.05) is 12.3 Å². The van der Waals surface area contributed by atoms with Gasteiger partial charge in [0.05, 0.1) is 6.04 Å². The van der Waals surface area contributed by atoms with Gasteiger partial charge in [0.15, 0.2) is 0 Å². The van der Waals surface area contributed by atoms with Crippen molar-refractivity contribution in [3.8, 4) is 0 Å². The van der Waals surface area contributed by atoms with Crippen molar-refractivity contribution in [3.05, 3.63) is 0 Å². The second-order valence-corrected chi connectivity index (χ2v) is 7.19. The van der Waals surface area contributed by atoms with Crippen LogP contribution in [0.5, 0.6) is 0 Å². The van der Waals surface area contributed by atoms with Crippen LogP contribution in [0.4, 0.5) is 0 Å². The first-order valence-corrected chi connectivity index (χ1v) is 8.59. The van der Waals surface area contributed by atoms with E-state index in [4.69, 9.17) is 5.21 Å². The van der Waals surface area contributed by atoms with E-state index in [1.54, 1.807) is 6.92 Å². The minimum absolute atomic E-state index is 0.145. The van der Waals surface area contributed by atoms with Crippen LogP contribution in [0.2, 0.25) is 0 Å². The third kappa shape index (κ3) is 9.81. The fraction of sp³-hybridized carbons (Fsp3) is 0.765. The minimum Gasteiger partial charge on any atom is -0.345 e. The van der Waals surface area contributed by atoms with Crippen LogP contribution in [0.1, 0.15) is 53.9 Å². The molecule has 0 radical (unpaired) electrons. The molecule has 0 saturated heterocycles. The molecule has 0 heterocycles. The van der Waals surface area contributed by atoms with Crippen LogP contribution in [0.15, 0.2) is 0 Å². The highest BCUT2D eigenvalue weighted by atomic mass is 16.5. The van der Waals surface area contributed by atoms with Crippen molar-refractivity contribution in [1.29, 1.82) is 0 Å². The quantitative estimate of drug-likeness (QED) is 0.247. The number of carbonyl (C=O) groups excluding carboxylic acids is 4. The molecule has 0 bridgehead atoms. The van der Waals surface area contributed by atoms with Gasteiger partial charge in [-0.1, -0.05) is 27.7 Å². The van der Waals surface area contributed by atoms with E-state index in [1.165, 1.54) is 5.48 Å². The normalized spacial score (nSPS) is 14.6.